The van der Waals surface area contributed by atoms with E-state index in [2.05, 4.69) is 5.32 Å². The summed E-state index contributed by atoms with van der Waals surface area (Å²) in [4.78, 5) is 0. The molecule has 0 unspecified atom stereocenters. The van der Waals surface area contributed by atoms with Gasteiger partial charge in [0.2, 0.25) is 0 Å². The van der Waals surface area contributed by atoms with Gasteiger partial charge in [-0.05, 0) is 19.4 Å². The standard InChI is InChI=1S/C10H21F2NO2/c11-10(12)9-15-8-6-13-5-3-1-2-4-7-14/h10,13-14H,1-9H2. The zero-order valence-corrected chi connectivity index (χ0v) is 9.05. The zero-order valence-electron chi connectivity index (χ0n) is 9.05. The van der Waals surface area contributed by atoms with Gasteiger partial charge in [0.05, 0.1) is 6.61 Å². The lowest BCUT2D eigenvalue weighted by molar-refractivity contribution is 0.0188. The maximum atomic E-state index is 11.6. The number of halogens is 2. The van der Waals surface area contributed by atoms with Crippen molar-refractivity contribution in [1.29, 1.82) is 0 Å². The Hall–Kier alpha value is -0.260. The molecule has 0 saturated heterocycles. The molecule has 2 N–H and O–H groups in total. The van der Waals surface area contributed by atoms with Gasteiger partial charge in [-0.3, -0.25) is 0 Å². The van der Waals surface area contributed by atoms with Gasteiger partial charge in [0.15, 0.2) is 0 Å². The monoisotopic (exact) mass is 225 g/mol. The number of nitrogens with one attached hydrogen (secondary N) is 1. The smallest absolute Gasteiger partial charge is 0.261 e. The van der Waals surface area contributed by atoms with Crippen molar-refractivity contribution < 1.29 is 18.6 Å². The summed E-state index contributed by atoms with van der Waals surface area (Å²) in [5.41, 5.74) is 0. The van der Waals surface area contributed by atoms with Gasteiger partial charge >= 0.3 is 0 Å². The molecule has 5 heteroatoms. The molecule has 0 aromatic heterocycles. The van der Waals surface area contributed by atoms with E-state index in [1.54, 1.807) is 0 Å². The molecule has 92 valence electrons. The van der Waals surface area contributed by atoms with Gasteiger partial charge in [-0.1, -0.05) is 12.8 Å². The van der Waals surface area contributed by atoms with Crippen LogP contribution in [0.4, 0.5) is 8.78 Å². The molecular formula is C10H21F2NO2. The summed E-state index contributed by atoms with van der Waals surface area (Å²) in [5.74, 6) is 0. The van der Waals surface area contributed by atoms with Crippen molar-refractivity contribution in [2.75, 3.05) is 32.9 Å². The highest BCUT2D eigenvalue weighted by molar-refractivity contribution is 4.48. The lowest BCUT2D eigenvalue weighted by atomic mass is 10.2. The molecule has 0 rings (SSSR count). The van der Waals surface area contributed by atoms with Crippen LogP contribution in [0.3, 0.4) is 0 Å². The third kappa shape index (κ3) is 13.7. The first-order valence-electron chi connectivity index (χ1n) is 5.45. The molecule has 0 fully saturated rings. The third-order valence-electron chi connectivity index (χ3n) is 1.93. The number of ether oxygens (including phenoxy) is 1. The van der Waals surface area contributed by atoms with E-state index in [1.165, 1.54) is 0 Å². The summed E-state index contributed by atoms with van der Waals surface area (Å²) >= 11 is 0. The molecule has 0 saturated carbocycles. The molecule has 0 radical (unpaired) electrons. The second-order valence-corrected chi connectivity index (χ2v) is 3.35. The van der Waals surface area contributed by atoms with E-state index < -0.39 is 13.0 Å². The summed E-state index contributed by atoms with van der Waals surface area (Å²) < 4.78 is 27.9. The van der Waals surface area contributed by atoms with Crippen molar-refractivity contribution in [3.63, 3.8) is 0 Å². The fourth-order valence-electron chi connectivity index (χ4n) is 1.16. The Bertz CT molecular complexity index is 126. The molecule has 0 aromatic carbocycles. The molecule has 0 aliphatic carbocycles. The predicted octanol–water partition coefficient (Wildman–Crippen LogP) is 1.41. The van der Waals surface area contributed by atoms with Crippen LogP contribution < -0.4 is 5.32 Å². The van der Waals surface area contributed by atoms with Crippen molar-refractivity contribution in [2.45, 2.75) is 32.1 Å². The zero-order chi connectivity index (χ0) is 11.4. The first-order chi connectivity index (χ1) is 7.27. The largest absolute Gasteiger partial charge is 0.396 e. The van der Waals surface area contributed by atoms with Crippen LogP contribution in [-0.2, 0) is 4.74 Å². The predicted molar refractivity (Wildman–Crippen MR) is 55.2 cm³/mol. The van der Waals surface area contributed by atoms with E-state index in [0.29, 0.717) is 13.2 Å². The average molecular weight is 225 g/mol. The molecule has 0 bridgehead atoms. The summed E-state index contributed by atoms with van der Waals surface area (Å²) in [6.45, 7) is 1.62. The third-order valence-corrected chi connectivity index (χ3v) is 1.93. The maximum Gasteiger partial charge on any atom is 0.261 e. The van der Waals surface area contributed by atoms with Gasteiger partial charge < -0.3 is 15.2 Å². The van der Waals surface area contributed by atoms with E-state index in [-0.39, 0.29) is 6.61 Å². The van der Waals surface area contributed by atoms with E-state index in [9.17, 15) is 8.78 Å². The topological polar surface area (TPSA) is 41.5 Å². The summed E-state index contributed by atoms with van der Waals surface area (Å²) in [7, 11) is 0. The van der Waals surface area contributed by atoms with Crippen LogP contribution in [0.5, 0.6) is 0 Å². The molecule has 3 nitrogen and oxygen atoms in total. The van der Waals surface area contributed by atoms with Crippen LogP contribution in [0.1, 0.15) is 25.7 Å². The lowest BCUT2D eigenvalue weighted by Crippen LogP contribution is -2.22. The second-order valence-electron chi connectivity index (χ2n) is 3.35. The van der Waals surface area contributed by atoms with Crippen LogP contribution in [-0.4, -0.2) is 44.4 Å². The quantitative estimate of drug-likeness (QED) is 0.522. The minimum absolute atomic E-state index is 0.259. The Kier molecular flexibility index (Phi) is 11.6. The van der Waals surface area contributed by atoms with Crippen LogP contribution in [0.2, 0.25) is 0 Å². The van der Waals surface area contributed by atoms with E-state index >= 15 is 0 Å². The Morgan fingerprint density at radius 2 is 1.80 bits per heavy atom. The molecule has 0 aliphatic heterocycles. The maximum absolute atomic E-state index is 11.6. The van der Waals surface area contributed by atoms with Crippen LogP contribution in [0.15, 0.2) is 0 Å². The Morgan fingerprint density at radius 1 is 1.07 bits per heavy atom. The molecular weight excluding hydrogens is 204 g/mol. The summed E-state index contributed by atoms with van der Waals surface area (Å²) in [6.07, 6.45) is 1.67. The minimum Gasteiger partial charge on any atom is -0.396 e. The van der Waals surface area contributed by atoms with Crippen molar-refractivity contribution in [2.24, 2.45) is 0 Å². The Labute approximate surface area is 89.8 Å². The summed E-state index contributed by atoms with van der Waals surface area (Å²) in [5, 5.41) is 11.6. The van der Waals surface area contributed by atoms with Crippen molar-refractivity contribution in [3.8, 4) is 0 Å². The highest BCUT2D eigenvalue weighted by Crippen LogP contribution is 1.97. The number of alkyl halides is 2. The number of aliphatic hydroxyl groups excluding tert-OH is 1. The van der Waals surface area contributed by atoms with E-state index in [0.717, 1.165) is 32.2 Å². The van der Waals surface area contributed by atoms with Gasteiger partial charge in [-0.2, -0.15) is 0 Å². The molecule has 0 aliphatic rings. The van der Waals surface area contributed by atoms with Gasteiger partial charge in [0, 0.05) is 13.2 Å². The van der Waals surface area contributed by atoms with Gasteiger partial charge in [-0.15, -0.1) is 0 Å². The molecule has 0 spiro atoms. The van der Waals surface area contributed by atoms with Crippen LogP contribution in [0, 0.1) is 0 Å². The van der Waals surface area contributed by atoms with Crippen LogP contribution >= 0.6 is 0 Å². The number of hydrogen-bond donors (Lipinski definition) is 2. The molecule has 0 atom stereocenters. The van der Waals surface area contributed by atoms with Gasteiger partial charge in [0.1, 0.15) is 6.61 Å². The first-order valence-corrected chi connectivity index (χ1v) is 5.45. The highest BCUT2D eigenvalue weighted by Gasteiger charge is 2.00. The second kappa shape index (κ2) is 11.8. The number of hydrogen-bond acceptors (Lipinski definition) is 3. The molecule has 0 aromatic rings. The van der Waals surface area contributed by atoms with E-state index in [1.807, 2.05) is 0 Å². The average Bonchev–Trinajstić information content (AvgIpc) is 2.20. The van der Waals surface area contributed by atoms with Crippen LogP contribution in [0.25, 0.3) is 0 Å². The van der Waals surface area contributed by atoms with Gasteiger partial charge in [0.25, 0.3) is 6.43 Å². The van der Waals surface area contributed by atoms with Crippen molar-refractivity contribution in [3.05, 3.63) is 0 Å². The molecule has 0 heterocycles. The Morgan fingerprint density at radius 3 is 2.47 bits per heavy atom. The number of rotatable bonds is 11. The molecule has 0 amide bonds. The van der Waals surface area contributed by atoms with Crippen molar-refractivity contribution >= 4 is 0 Å². The normalized spacial score (nSPS) is 11.2. The number of aliphatic hydroxyl groups is 1. The fraction of sp³-hybridized carbons (Fsp3) is 1.00. The molecule has 15 heavy (non-hydrogen) atoms. The first kappa shape index (κ1) is 14.7. The number of unbranched alkanes of at least 4 members (excludes halogenated alkanes) is 3. The van der Waals surface area contributed by atoms with Crippen molar-refractivity contribution in [1.82, 2.24) is 5.32 Å². The lowest BCUT2D eigenvalue weighted by Gasteiger charge is -2.05. The van der Waals surface area contributed by atoms with Gasteiger partial charge in [-0.25, -0.2) is 8.78 Å². The Balaban J connectivity index is 2.87. The highest BCUT2D eigenvalue weighted by atomic mass is 19.3. The fourth-order valence-corrected chi connectivity index (χ4v) is 1.16. The summed E-state index contributed by atoms with van der Waals surface area (Å²) in [6, 6.07) is 0. The minimum atomic E-state index is -2.37. The SMILES string of the molecule is OCCCCCCNCCOCC(F)F. The van der Waals surface area contributed by atoms with E-state index in [4.69, 9.17) is 9.84 Å².